The quantitative estimate of drug-likeness (QED) is 0.751. The highest BCUT2D eigenvalue weighted by atomic mass is 16.5. The number of ether oxygens (including phenoxy) is 1. The van der Waals surface area contributed by atoms with Crippen molar-refractivity contribution in [3.63, 3.8) is 0 Å². The van der Waals surface area contributed by atoms with Crippen LogP contribution >= 0.6 is 0 Å². The summed E-state index contributed by atoms with van der Waals surface area (Å²) in [6, 6.07) is 10.2. The number of likely N-dealkylation sites (tertiary alicyclic amines) is 1. The van der Waals surface area contributed by atoms with Crippen LogP contribution in [0.1, 0.15) is 51.2 Å². The van der Waals surface area contributed by atoms with Crippen molar-refractivity contribution in [3.8, 4) is 17.0 Å². The first-order valence-electron chi connectivity index (χ1n) is 10.7. The lowest BCUT2D eigenvalue weighted by molar-refractivity contribution is 0.221. The van der Waals surface area contributed by atoms with Crippen LogP contribution in [0, 0.1) is 11.8 Å². The fraction of sp³-hybridized carbons (Fsp3) is 0.542. The molecule has 152 valence electrons. The van der Waals surface area contributed by atoms with E-state index in [0.29, 0.717) is 5.82 Å². The van der Waals surface area contributed by atoms with Crippen LogP contribution in [0.2, 0.25) is 0 Å². The van der Waals surface area contributed by atoms with E-state index in [1.807, 2.05) is 18.2 Å². The maximum absolute atomic E-state index is 5.91. The Morgan fingerprint density at radius 1 is 1.14 bits per heavy atom. The molecule has 2 N–H and O–H groups in total. The van der Waals surface area contributed by atoms with Crippen LogP contribution in [0.5, 0.6) is 5.75 Å². The standard InChI is InChI=1S/C24H35N3O/c1-5-18-11-10-17(3)14-27(15-18)16-20-13-23(28-4)21(12-19(20)6-2)22-8-7-9-24(25)26-22/h7-9,12-13,17-18H,5-6,10-11,14-16H2,1-4H3,(H2,25,26). The molecule has 4 heteroatoms. The van der Waals surface area contributed by atoms with Gasteiger partial charge in [0.05, 0.1) is 12.8 Å². The number of rotatable bonds is 6. The number of pyridine rings is 1. The highest BCUT2D eigenvalue weighted by Gasteiger charge is 2.22. The molecule has 1 aromatic carbocycles. The van der Waals surface area contributed by atoms with Crippen LogP contribution in [0.3, 0.4) is 0 Å². The molecule has 2 atom stereocenters. The molecule has 4 nitrogen and oxygen atoms in total. The van der Waals surface area contributed by atoms with Gasteiger partial charge in [0.2, 0.25) is 0 Å². The molecule has 2 unspecified atom stereocenters. The topological polar surface area (TPSA) is 51.4 Å². The number of nitrogen functional groups attached to an aromatic ring is 1. The first-order chi connectivity index (χ1) is 13.5. The molecule has 0 saturated carbocycles. The van der Waals surface area contributed by atoms with Crippen molar-refractivity contribution in [1.29, 1.82) is 0 Å². The van der Waals surface area contributed by atoms with E-state index < -0.39 is 0 Å². The van der Waals surface area contributed by atoms with E-state index in [9.17, 15) is 0 Å². The van der Waals surface area contributed by atoms with E-state index in [0.717, 1.165) is 41.8 Å². The van der Waals surface area contributed by atoms with Gasteiger partial charge < -0.3 is 10.5 Å². The molecule has 1 aliphatic rings. The maximum atomic E-state index is 5.91. The summed E-state index contributed by atoms with van der Waals surface area (Å²) in [7, 11) is 1.74. The normalized spacial score (nSPS) is 20.7. The Labute approximate surface area is 170 Å². The van der Waals surface area contributed by atoms with Gasteiger partial charge in [-0.2, -0.15) is 0 Å². The van der Waals surface area contributed by atoms with Gasteiger partial charge in [0.15, 0.2) is 0 Å². The molecule has 1 aliphatic heterocycles. The lowest BCUT2D eigenvalue weighted by Gasteiger charge is -2.26. The van der Waals surface area contributed by atoms with E-state index in [-0.39, 0.29) is 0 Å². The molecular formula is C24H35N3O. The van der Waals surface area contributed by atoms with Crippen molar-refractivity contribution in [2.75, 3.05) is 25.9 Å². The minimum absolute atomic E-state index is 0.533. The van der Waals surface area contributed by atoms with Crippen molar-refractivity contribution in [2.45, 2.75) is 53.0 Å². The smallest absolute Gasteiger partial charge is 0.128 e. The Morgan fingerprint density at radius 3 is 2.64 bits per heavy atom. The third-order valence-electron chi connectivity index (χ3n) is 6.07. The molecule has 28 heavy (non-hydrogen) atoms. The summed E-state index contributed by atoms with van der Waals surface area (Å²) in [6.45, 7) is 10.3. The van der Waals surface area contributed by atoms with Crippen molar-refractivity contribution < 1.29 is 4.74 Å². The first kappa shape index (κ1) is 20.7. The predicted octanol–water partition coefficient (Wildman–Crippen LogP) is 5.16. The van der Waals surface area contributed by atoms with Crippen molar-refractivity contribution in [1.82, 2.24) is 9.88 Å². The maximum Gasteiger partial charge on any atom is 0.128 e. The number of aryl methyl sites for hydroxylation is 1. The van der Waals surface area contributed by atoms with Crippen molar-refractivity contribution in [3.05, 3.63) is 41.5 Å². The Kier molecular flexibility index (Phi) is 6.95. The molecule has 2 aromatic rings. The molecule has 0 bridgehead atoms. The summed E-state index contributed by atoms with van der Waals surface area (Å²) in [5, 5.41) is 0. The molecule has 2 heterocycles. The van der Waals surface area contributed by atoms with Crippen LogP contribution in [-0.4, -0.2) is 30.1 Å². The zero-order valence-corrected chi connectivity index (χ0v) is 17.9. The molecule has 1 fully saturated rings. The molecule has 1 saturated heterocycles. The first-order valence-corrected chi connectivity index (χ1v) is 10.7. The second-order valence-corrected chi connectivity index (χ2v) is 8.27. The number of hydrogen-bond donors (Lipinski definition) is 1. The summed E-state index contributed by atoms with van der Waals surface area (Å²) in [6.07, 6.45) is 4.97. The predicted molar refractivity (Wildman–Crippen MR) is 117 cm³/mol. The minimum atomic E-state index is 0.533. The number of methoxy groups -OCH3 is 1. The highest BCUT2D eigenvalue weighted by Crippen LogP contribution is 2.34. The molecule has 0 aliphatic carbocycles. The van der Waals surface area contributed by atoms with Gasteiger partial charge in [-0.15, -0.1) is 0 Å². The molecule has 1 aromatic heterocycles. The Balaban J connectivity index is 1.93. The van der Waals surface area contributed by atoms with Gasteiger partial charge >= 0.3 is 0 Å². The average molecular weight is 382 g/mol. The molecule has 0 radical (unpaired) electrons. The van der Waals surface area contributed by atoms with E-state index >= 15 is 0 Å². The molecule has 0 spiro atoms. The molecule has 3 rings (SSSR count). The number of benzene rings is 1. The molecule has 0 amide bonds. The minimum Gasteiger partial charge on any atom is -0.496 e. The van der Waals surface area contributed by atoms with E-state index in [1.165, 1.54) is 43.5 Å². The molecular weight excluding hydrogens is 346 g/mol. The second-order valence-electron chi connectivity index (χ2n) is 8.27. The van der Waals surface area contributed by atoms with Crippen molar-refractivity contribution in [2.24, 2.45) is 11.8 Å². The average Bonchev–Trinajstić information content (AvgIpc) is 2.88. The van der Waals surface area contributed by atoms with Crippen molar-refractivity contribution >= 4 is 5.82 Å². The number of nitrogens with zero attached hydrogens (tertiary/aromatic N) is 2. The van der Waals surface area contributed by atoms with E-state index in [1.54, 1.807) is 7.11 Å². The Bertz CT molecular complexity index is 789. The van der Waals surface area contributed by atoms with Gasteiger partial charge in [-0.3, -0.25) is 4.90 Å². The second kappa shape index (κ2) is 9.42. The zero-order valence-electron chi connectivity index (χ0n) is 17.9. The van der Waals surface area contributed by atoms with Gasteiger partial charge in [-0.05, 0) is 66.5 Å². The fourth-order valence-corrected chi connectivity index (χ4v) is 4.40. The summed E-state index contributed by atoms with van der Waals surface area (Å²) >= 11 is 0. The number of hydrogen-bond acceptors (Lipinski definition) is 4. The summed E-state index contributed by atoms with van der Waals surface area (Å²) in [4.78, 5) is 7.15. The van der Waals surface area contributed by atoms with Gasteiger partial charge in [0.1, 0.15) is 11.6 Å². The Hall–Kier alpha value is -2.07. The van der Waals surface area contributed by atoms with Crippen LogP contribution in [-0.2, 0) is 13.0 Å². The fourth-order valence-electron chi connectivity index (χ4n) is 4.40. The largest absolute Gasteiger partial charge is 0.496 e. The van der Waals surface area contributed by atoms with E-state index in [4.69, 9.17) is 10.5 Å². The van der Waals surface area contributed by atoms with Crippen LogP contribution in [0.15, 0.2) is 30.3 Å². The lowest BCUT2D eigenvalue weighted by Crippen LogP contribution is -2.30. The SMILES string of the molecule is CCc1cc(-c2cccc(N)n2)c(OC)cc1CN1CC(C)CCC(CC)C1. The number of nitrogens with two attached hydrogens (primary N) is 1. The summed E-state index contributed by atoms with van der Waals surface area (Å²) in [5.41, 5.74) is 10.5. The third-order valence-corrected chi connectivity index (χ3v) is 6.07. The lowest BCUT2D eigenvalue weighted by atomic mass is 9.97. The summed E-state index contributed by atoms with van der Waals surface area (Å²) in [5.74, 6) is 2.98. The monoisotopic (exact) mass is 381 g/mol. The third kappa shape index (κ3) is 4.85. The van der Waals surface area contributed by atoms with Crippen LogP contribution in [0.4, 0.5) is 5.82 Å². The Morgan fingerprint density at radius 2 is 1.96 bits per heavy atom. The highest BCUT2D eigenvalue weighted by molar-refractivity contribution is 5.70. The van der Waals surface area contributed by atoms with Gasteiger partial charge in [-0.25, -0.2) is 4.98 Å². The number of aromatic nitrogens is 1. The van der Waals surface area contributed by atoms with Gasteiger partial charge in [0.25, 0.3) is 0 Å². The zero-order chi connectivity index (χ0) is 20.1. The number of anilines is 1. The summed E-state index contributed by atoms with van der Waals surface area (Å²) < 4.78 is 5.76. The van der Waals surface area contributed by atoms with Gasteiger partial charge in [-0.1, -0.05) is 33.3 Å². The van der Waals surface area contributed by atoms with Crippen LogP contribution < -0.4 is 10.5 Å². The van der Waals surface area contributed by atoms with E-state index in [2.05, 4.69) is 42.8 Å². The van der Waals surface area contributed by atoms with Gasteiger partial charge in [0, 0.05) is 25.2 Å². The van der Waals surface area contributed by atoms with Crippen LogP contribution in [0.25, 0.3) is 11.3 Å².